The number of nitro groups is 1. The van der Waals surface area contributed by atoms with Gasteiger partial charge in [-0.15, -0.1) is 0 Å². The molecule has 1 amide bonds. The van der Waals surface area contributed by atoms with E-state index in [2.05, 4.69) is 5.32 Å². The van der Waals surface area contributed by atoms with E-state index < -0.39 is 4.92 Å². The number of benzene rings is 1. The number of hydrogen-bond acceptors (Lipinski definition) is 5. The number of para-hydroxylation sites is 1. The topological polar surface area (TPSA) is 75.5 Å². The number of nitro benzene ring substituents is 1. The molecule has 0 atom stereocenters. The highest BCUT2D eigenvalue weighted by Gasteiger charge is 2.26. The first-order valence-electron chi connectivity index (χ1n) is 6.78. The maximum absolute atomic E-state index is 12.4. The van der Waals surface area contributed by atoms with Gasteiger partial charge in [0.1, 0.15) is 11.3 Å². The standard InChI is InChI=1S/C14H21N3O3S/c1-4-8-15-12-7-5-6-11(13(12)17(19)20)14(18)16(2)9-10-21-3/h5-7,15H,4,8-10H2,1-3H3. The largest absolute Gasteiger partial charge is 0.379 e. The molecule has 0 aliphatic carbocycles. The van der Waals surface area contributed by atoms with Gasteiger partial charge in [-0.2, -0.15) is 11.8 Å². The van der Waals surface area contributed by atoms with Gasteiger partial charge in [0.2, 0.25) is 0 Å². The molecule has 7 heteroatoms. The lowest BCUT2D eigenvalue weighted by atomic mass is 10.1. The van der Waals surface area contributed by atoms with E-state index in [9.17, 15) is 14.9 Å². The summed E-state index contributed by atoms with van der Waals surface area (Å²) in [5, 5.41) is 14.3. The van der Waals surface area contributed by atoms with Crippen molar-refractivity contribution in [2.75, 3.05) is 37.5 Å². The molecule has 0 bridgehead atoms. The van der Waals surface area contributed by atoms with Crippen LogP contribution in [0.5, 0.6) is 0 Å². The van der Waals surface area contributed by atoms with Gasteiger partial charge in [-0.1, -0.05) is 13.0 Å². The van der Waals surface area contributed by atoms with E-state index in [0.717, 1.165) is 12.2 Å². The Balaban J connectivity index is 3.10. The predicted molar refractivity (Wildman–Crippen MR) is 87.2 cm³/mol. The molecule has 0 saturated heterocycles. The van der Waals surface area contributed by atoms with Crippen LogP contribution in [0.4, 0.5) is 11.4 Å². The molecule has 116 valence electrons. The van der Waals surface area contributed by atoms with Gasteiger partial charge in [-0.05, 0) is 24.8 Å². The van der Waals surface area contributed by atoms with Gasteiger partial charge in [0.25, 0.3) is 5.91 Å². The molecule has 0 saturated carbocycles. The number of rotatable bonds is 8. The fraction of sp³-hybridized carbons (Fsp3) is 0.500. The Labute approximate surface area is 129 Å². The number of carbonyl (C=O) groups excluding carboxylic acids is 1. The molecule has 1 aromatic carbocycles. The second kappa shape index (κ2) is 8.51. The second-order valence-electron chi connectivity index (χ2n) is 4.61. The van der Waals surface area contributed by atoms with Crippen LogP contribution in [0.2, 0.25) is 0 Å². The van der Waals surface area contributed by atoms with Gasteiger partial charge in [0, 0.05) is 25.9 Å². The minimum absolute atomic E-state index is 0.129. The fourth-order valence-corrected chi connectivity index (χ4v) is 2.31. The van der Waals surface area contributed by atoms with Crippen LogP contribution in [0.25, 0.3) is 0 Å². The van der Waals surface area contributed by atoms with Gasteiger partial charge in [-0.3, -0.25) is 14.9 Å². The fourth-order valence-electron chi connectivity index (χ4n) is 1.85. The van der Waals surface area contributed by atoms with Crippen molar-refractivity contribution in [2.24, 2.45) is 0 Å². The summed E-state index contributed by atoms with van der Waals surface area (Å²) < 4.78 is 0. The van der Waals surface area contributed by atoms with E-state index in [0.29, 0.717) is 18.8 Å². The second-order valence-corrected chi connectivity index (χ2v) is 5.59. The monoisotopic (exact) mass is 311 g/mol. The van der Waals surface area contributed by atoms with Gasteiger partial charge in [0.15, 0.2) is 0 Å². The molecule has 0 spiro atoms. The summed E-state index contributed by atoms with van der Waals surface area (Å²) in [7, 11) is 1.66. The third-order valence-electron chi connectivity index (χ3n) is 2.99. The van der Waals surface area contributed by atoms with Crippen LogP contribution in [0, 0.1) is 10.1 Å². The lowest BCUT2D eigenvalue weighted by Gasteiger charge is -2.17. The quantitative estimate of drug-likeness (QED) is 0.590. The van der Waals surface area contributed by atoms with Crippen molar-refractivity contribution in [2.45, 2.75) is 13.3 Å². The highest BCUT2D eigenvalue weighted by Crippen LogP contribution is 2.29. The third-order valence-corrected chi connectivity index (χ3v) is 3.58. The minimum atomic E-state index is -0.492. The van der Waals surface area contributed by atoms with Crippen molar-refractivity contribution in [1.29, 1.82) is 0 Å². The molecular weight excluding hydrogens is 290 g/mol. The van der Waals surface area contributed by atoms with Crippen LogP contribution in [-0.2, 0) is 0 Å². The van der Waals surface area contributed by atoms with Crippen LogP contribution in [-0.4, -0.2) is 47.9 Å². The highest BCUT2D eigenvalue weighted by molar-refractivity contribution is 7.98. The molecule has 0 unspecified atom stereocenters. The Kier molecular flexibility index (Phi) is 7.01. The van der Waals surface area contributed by atoms with Crippen molar-refractivity contribution >= 4 is 29.0 Å². The lowest BCUT2D eigenvalue weighted by Crippen LogP contribution is -2.29. The SMILES string of the molecule is CCCNc1cccc(C(=O)N(C)CCSC)c1[N+](=O)[O-]. The zero-order chi connectivity index (χ0) is 15.8. The van der Waals surface area contributed by atoms with Crippen LogP contribution >= 0.6 is 11.8 Å². The Morgan fingerprint density at radius 1 is 1.48 bits per heavy atom. The number of amides is 1. The third kappa shape index (κ3) is 4.63. The number of nitrogens with zero attached hydrogens (tertiary/aromatic N) is 2. The van der Waals surface area contributed by atoms with Crippen molar-refractivity contribution < 1.29 is 9.72 Å². The van der Waals surface area contributed by atoms with Crippen molar-refractivity contribution in [3.05, 3.63) is 33.9 Å². The molecule has 1 rings (SSSR count). The molecule has 0 radical (unpaired) electrons. The van der Waals surface area contributed by atoms with E-state index in [1.54, 1.807) is 30.9 Å². The molecule has 21 heavy (non-hydrogen) atoms. The summed E-state index contributed by atoms with van der Waals surface area (Å²) in [4.78, 5) is 24.7. The summed E-state index contributed by atoms with van der Waals surface area (Å²) in [6, 6.07) is 4.81. The van der Waals surface area contributed by atoms with E-state index >= 15 is 0 Å². The Morgan fingerprint density at radius 3 is 2.76 bits per heavy atom. The van der Waals surface area contributed by atoms with Gasteiger partial charge >= 0.3 is 5.69 Å². The molecule has 0 fully saturated rings. The molecule has 6 nitrogen and oxygen atoms in total. The maximum Gasteiger partial charge on any atom is 0.305 e. The smallest absolute Gasteiger partial charge is 0.305 e. The number of anilines is 1. The first-order chi connectivity index (χ1) is 10.0. The molecule has 0 aliphatic rings. The van der Waals surface area contributed by atoms with Crippen LogP contribution in [0.15, 0.2) is 18.2 Å². The molecule has 0 heterocycles. The zero-order valence-electron chi connectivity index (χ0n) is 12.6. The lowest BCUT2D eigenvalue weighted by molar-refractivity contribution is -0.384. The predicted octanol–water partition coefficient (Wildman–Crippen LogP) is 2.85. The van der Waals surface area contributed by atoms with E-state index in [1.165, 1.54) is 11.0 Å². The summed E-state index contributed by atoms with van der Waals surface area (Å²) in [5.74, 6) is 0.472. The van der Waals surface area contributed by atoms with Crippen LogP contribution < -0.4 is 5.32 Å². The number of thioether (sulfide) groups is 1. The van der Waals surface area contributed by atoms with Gasteiger partial charge < -0.3 is 10.2 Å². The maximum atomic E-state index is 12.4. The first kappa shape index (κ1) is 17.3. The molecule has 0 aromatic heterocycles. The Morgan fingerprint density at radius 2 is 2.19 bits per heavy atom. The van der Waals surface area contributed by atoms with Gasteiger partial charge in [0.05, 0.1) is 4.92 Å². The minimum Gasteiger partial charge on any atom is -0.379 e. The highest BCUT2D eigenvalue weighted by atomic mass is 32.2. The average molecular weight is 311 g/mol. The Bertz CT molecular complexity index is 508. The van der Waals surface area contributed by atoms with Crippen LogP contribution in [0.1, 0.15) is 23.7 Å². The molecular formula is C14H21N3O3S. The molecule has 1 aromatic rings. The van der Waals surface area contributed by atoms with Crippen LogP contribution in [0.3, 0.4) is 0 Å². The summed E-state index contributed by atoms with van der Waals surface area (Å²) in [6.07, 6.45) is 2.80. The van der Waals surface area contributed by atoms with Crippen molar-refractivity contribution in [3.63, 3.8) is 0 Å². The molecule has 0 aliphatic heterocycles. The summed E-state index contributed by atoms with van der Waals surface area (Å²) >= 11 is 1.63. The summed E-state index contributed by atoms with van der Waals surface area (Å²) in [6.45, 7) is 3.16. The first-order valence-corrected chi connectivity index (χ1v) is 8.18. The number of carbonyl (C=O) groups is 1. The number of nitrogens with one attached hydrogen (secondary N) is 1. The van der Waals surface area contributed by atoms with E-state index in [4.69, 9.17) is 0 Å². The van der Waals surface area contributed by atoms with Crippen molar-refractivity contribution in [1.82, 2.24) is 4.90 Å². The van der Waals surface area contributed by atoms with E-state index in [-0.39, 0.29) is 17.2 Å². The van der Waals surface area contributed by atoms with Crippen molar-refractivity contribution in [3.8, 4) is 0 Å². The zero-order valence-corrected chi connectivity index (χ0v) is 13.4. The Hall–Kier alpha value is -1.76. The van der Waals surface area contributed by atoms with E-state index in [1.807, 2.05) is 13.2 Å². The van der Waals surface area contributed by atoms with Gasteiger partial charge in [-0.25, -0.2) is 0 Å². The molecule has 1 N–H and O–H groups in total. The number of hydrogen-bond donors (Lipinski definition) is 1. The average Bonchev–Trinajstić information content (AvgIpc) is 2.48. The summed E-state index contributed by atoms with van der Waals surface area (Å²) in [5.41, 5.74) is 0.377. The normalized spacial score (nSPS) is 10.2.